The molecule has 2 rings (SSSR count). The summed E-state index contributed by atoms with van der Waals surface area (Å²) < 4.78 is 6.28. The lowest BCUT2D eigenvalue weighted by atomic mass is 10.1. The maximum Gasteiger partial charge on any atom is 0.255 e. The monoisotopic (exact) mass is 326 g/mol. The summed E-state index contributed by atoms with van der Waals surface area (Å²) in [6, 6.07) is 5.39. The molecule has 2 N–H and O–H groups in total. The predicted molar refractivity (Wildman–Crippen MR) is 79.1 cm³/mol. The van der Waals surface area contributed by atoms with E-state index in [4.69, 9.17) is 10.5 Å². The van der Waals surface area contributed by atoms with Crippen LogP contribution in [0.4, 0.5) is 5.69 Å². The van der Waals surface area contributed by atoms with Crippen molar-refractivity contribution in [1.82, 2.24) is 4.90 Å². The lowest BCUT2D eigenvalue weighted by molar-refractivity contribution is 0.0146. The van der Waals surface area contributed by atoms with E-state index >= 15 is 0 Å². The van der Waals surface area contributed by atoms with Crippen LogP contribution in [0.25, 0.3) is 0 Å². The highest BCUT2D eigenvalue weighted by atomic mass is 79.9. The number of halogens is 1. The van der Waals surface area contributed by atoms with Gasteiger partial charge in [-0.15, -0.1) is 0 Å². The van der Waals surface area contributed by atoms with Crippen molar-refractivity contribution in [3.8, 4) is 0 Å². The van der Waals surface area contributed by atoms with E-state index in [0.717, 1.165) is 32.5 Å². The predicted octanol–water partition coefficient (Wildman–Crippen LogP) is 2.67. The Morgan fingerprint density at radius 1 is 1.47 bits per heavy atom. The average Bonchev–Trinajstić information content (AvgIpc) is 2.42. The first-order chi connectivity index (χ1) is 9.13. The summed E-state index contributed by atoms with van der Waals surface area (Å²) in [5.41, 5.74) is 7.04. The molecular formula is C14H19BrN2O2. The van der Waals surface area contributed by atoms with Crippen molar-refractivity contribution in [1.29, 1.82) is 0 Å². The van der Waals surface area contributed by atoms with Gasteiger partial charge in [0.15, 0.2) is 0 Å². The highest BCUT2D eigenvalue weighted by Crippen LogP contribution is 2.26. The first-order valence-corrected chi connectivity index (χ1v) is 7.37. The third-order valence-electron chi connectivity index (χ3n) is 3.39. The molecule has 19 heavy (non-hydrogen) atoms. The van der Waals surface area contributed by atoms with Gasteiger partial charge in [-0.2, -0.15) is 0 Å². The van der Waals surface area contributed by atoms with Crippen LogP contribution in [-0.4, -0.2) is 36.6 Å². The molecule has 1 aliphatic heterocycles. The van der Waals surface area contributed by atoms with Crippen LogP contribution in [0.1, 0.15) is 30.1 Å². The summed E-state index contributed by atoms with van der Waals surface area (Å²) in [6.45, 7) is 4.22. The van der Waals surface area contributed by atoms with Gasteiger partial charge in [-0.05, 0) is 47.8 Å². The number of amides is 1. The minimum Gasteiger partial charge on any atom is -0.398 e. The Balaban J connectivity index is 2.03. The fourth-order valence-corrected chi connectivity index (χ4v) is 2.78. The molecule has 0 saturated carbocycles. The zero-order valence-corrected chi connectivity index (χ0v) is 12.6. The maximum atomic E-state index is 12.4. The summed E-state index contributed by atoms with van der Waals surface area (Å²) in [5, 5.41) is 0. The van der Waals surface area contributed by atoms with E-state index in [0.29, 0.717) is 21.8 Å². The Morgan fingerprint density at radius 3 is 2.79 bits per heavy atom. The number of nitrogens with zero attached hydrogens (tertiary/aromatic N) is 1. The highest BCUT2D eigenvalue weighted by molar-refractivity contribution is 9.10. The Hall–Kier alpha value is -1.07. The first-order valence-electron chi connectivity index (χ1n) is 6.58. The van der Waals surface area contributed by atoms with Gasteiger partial charge < -0.3 is 15.4 Å². The van der Waals surface area contributed by atoms with Gasteiger partial charge in [-0.25, -0.2) is 0 Å². The number of ether oxygens (including phenoxy) is 1. The molecule has 5 heteroatoms. The van der Waals surface area contributed by atoms with E-state index in [-0.39, 0.29) is 5.91 Å². The van der Waals surface area contributed by atoms with Gasteiger partial charge in [0.2, 0.25) is 0 Å². The Morgan fingerprint density at radius 2 is 2.16 bits per heavy atom. The number of carbonyl (C=O) groups excluding carboxylic acids is 1. The van der Waals surface area contributed by atoms with Crippen molar-refractivity contribution in [2.24, 2.45) is 0 Å². The molecule has 0 atom stereocenters. The van der Waals surface area contributed by atoms with Crippen LogP contribution in [-0.2, 0) is 4.74 Å². The molecule has 1 fully saturated rings. The number of anilines is 1. The fourth-order valence-electron chi connectivity index (χ4n) is 2.35. The van der Waals surface area contributed by atoms with E-state index in [1.54, 1.807) is 18.2 Å². The molecule has 0 unspecified atom stereocenters. The minimum absolute atomic E-state index is 0.0362. The number of piperidine rings is 1. The quantitative estimate of drug-likeness (QED) is 0.869. The van der Waals surface area contributed by atoms with E-state index in [1.165, 1.54) is 0 Å². The van der Waals surface area contributed by atoms with Crippen LogP contribution in [0.3, 0.4) is 0 Å². The van der Waals surface area contributed by atoms with E-state index in [9.17, 15) is 4.79 Å². The number of nitrogens with two attached hydrogens (primary N) is 1. The number of nitrogen functional groups attached to an aromatic ring is 1. The number of hydrogen-bond donors (Lipinski definition) is 1. The molecule has 0 aliphatic carbocycles. The fraction of sp³-hybridized carbons (Fsp3) is 0.500. The van der Waals surface area contributed by atoms with Crippen LogP contribution in [0.2, 0.25) is 0 Å². The SMILES string of the molecule is CCOC1CCN(C(=O)c2cccc(N)c2Br)CC1. The van der Waals surface area contributed by atoms with Crippen LogP contribution in [0.15, 0.2) is 22.7 Å². The molecule has 1 aromatic rings. The Kier molecular flexibility index (Phi) is 4.82. The zero-order chi connectivity index (χ0) is 13.8. The second kappa shape index (κ2) is 6.39. The van der Waals surface area contributed by atoms with Gasteiger partial charge in [-0.3, -0.25) is 4.79 Å². The summed E-state index contributed by atoms with van der Waals surface area (Å²) in [6.07, 6.45) is 2.09. The minimum atomic E-state index is 0.0362. The molecule has 0 spiro atoms. The van der Waals surface area contributed by atoms with Gasteiger partial charge in [-0.1, -0.05) is 6.07 Å². The molecule has 1 amide bonds. The number of rotatable bonds is 3. The van der Waals surface area contributed by atoms with Crippen molar-refractivity contribution in [2.75, 3.05) is 25.4 Å². The molecular weight excluding hydrogens is 308 g/mol. The third kappa shape index (κ3) is 3.28. The number of hydrogen-bond acceptors (Lipinski definition) is 3. The smallest absolute Gasteiger partial charge is 0.255 e. The second-order valence-electron chi connectivity index (χ2n) is 4.66. The molecule has 104 valence electrons. The summed E-state index contributed by atoms with van der Waals surface area (Å²) >= 11 is 3.39. The van der Waals surface area contributed by atoms with Crippen molar-refractivity contribution in [3.05, 3.63) is 28.2 Å². The molecule has 0 aromatic heterocycles. The summed E-state index contributed by atoms with van der Waals surface area (Å²) in [4.78, 5) is 14.3. The van der Waals surface area contributed by atoms with E-state index in [2.05, 4.69) is 15.9 Å². The normalized spacial score (nSPS) is 16.6. The van der Waals surface area contributed by atoms with Crippen LogP contribution < -0.4 is 5.73 Å². The number of carbonyl (C=O) groups is 1. The molecule has 0 radical (unpaired) electrons. The lowest BCUT2D eigenvalue weighted by Crippen LogP contribution is -2.41. The van der Waals surface area contributed by atoms with Crippen LogP contribution in [0.5, 0.6) is 0 Å². The first kappa shape index (κ1) is 14.3. The molecule has 0 bridgehead atoms. The van der Waals surface area contributed by atoms with Gasteiger partial charge in [0.05, 0.1) is 16.1 Å². The highest BCUT2D eigenvalue weighted by Gasteiger charge is 2.25. The van der Waals surface area contributed by atoms with Crippen LogP contribution >= 0.6 is 15.9 Å². The summed E-state index contributed by atoms with van der Waals surface area (Å²) in [5.74, 6) is 0.0362. The topological polar surface area (TPSA) is 55.6 Å². The van der Waals surface area contributed by atoms with E-state index in [1.807, 2.05) is 11.8 Å². The Labute approximate surface area is 122 Å². The van der Waals surface area contributed by atoms with Gasteiger partial charge in [0.25, 0.3) is 5.91 Å². The Bertz CT molecular complexity index is 457. The van der Waals surface area contributed by atoms with Crippen molar-refractivity contribution in [2.45, 2.75) is 25.9 Å². The third-order valence-corrected chi connectivity index (χ3v) is 4.28. The molecule has 4 nitrogen and oxygen atoms in total. The molecule has 1 aromatic carbocycles. The van der Waals surface area contributed by atoms with Crippen molar-refractivity contribution < 1.29 is 9.53 Å². The second-order valence-corrected chi connectivity index (χ2v) is 5.45. The lowest BCUT2D eigenvalue weighted by Gasteiger charge is -2.32. The zero-order valence-electron chi connectivity index (χ0n) is 11.1. The molecule has 1 heterocycles. The van der Waals surface area contributed by atoms with Gasteiger partial charge in [0, 0.05) is 25.4 Å². The van der Waals surface area contributed by atoms with Crippen molar-refractivity contribution >= 4 is 27.5 Å². The van der Waals surface area contributed by atoms with E-state index < -0.39 is 0 Å². The summed E-state index contributed by atoms with van der Waals surface area (Å²) in [7, 11) is 0. The average molecular weight is 327 g/mol. The largest absolute Gasteiger partial charge is 0.398 e. The molecule has 1 aliphatic rings. The van der Waals surface area contributed by atoms with Crippen molar-refractivity contribution in [3.63, 3.8) is 0 Å². The number of likely N-dealkylation sites (tertiary alicyclic amines) is 1. The number of benzene rings is 1. The van der Waals surface area contributed by atoms with Gasteiger partial charge >= 0.3 is 0 Å². The van der Waals surface area contributed by atoms with Crippen LogP contribution in [0, 0.1) is 0 Å². The standard InChI is InChI=1S/C14H19BrN2O2/c1-2-19-10-6-8-17(9-7-10)14(18)11-4-3-5-12(16)13(11)15/h3-5,10H,2,6-9,16H2,1H3. The van der Waals surface area contributed by atoms with Gasteiger partial charge in [0.1, 0.15) is 0 Å². The molecule has 1 saturated heterocycles. The maximum absolute atomic E-state index is 12.4.